The molecule has 10 heteroatoms. The lowest BCUT2D eigenvalue weighted by atomic mass is 10.1. The van der Waals surface area contributed by atoms with Crippen molar-refractivity contribution in [3.8, 4) is 0 Å². The Kier molecular flexibility index (Phi) is 7.96. The molecule has 1 heterocycles. The minimum Gasteiger partial charge on any atom is -0.449 e. The van der Waals surface area contributed by atoms with Crippen LogP contribution < -0.4 is 10.6 Å². The molecule has 9 nitrogen and oxygen atoms in total. The predicted octanol–water partition coefficient (Wildman–Crippen LogP) is 1.95. The zero-order valence-electron chi connectivity index (χ0n) is 17.7. The van der Waals surface area contributed by atoms with Gasteiger partial charge in [-0.25, -0.2) is 18.0 Å². The van der Waals surface area contributed by atoms with Crippen molar-refractivity contribution in [3.05, 3.63) is 29.3 Å². The number of ether oxygens (including phenoxy) is 1. The Bertz CT molecular complexity index is 907. The summed E-state index contributed by atoms with van der Waals surface area (Å²) in [6.45, 7) is 7.36. The van der Waals surface area contributed by atoms with E-state index in [1.54, 1.807) is 20.8 Å². The van der Waals surface area contributed by atoms with Gasteiger partial charge in [-0.2, -0.15) is 4.31 Å². The van der Waals surface area contributed by atoms with Crippen molar-refractivity contribution in [2.75, 3.05) is 13.1 Å². The van der Waals surface area contributed by atoms with Gasteiger partial charge in [0.25, 0.3) is 5.91 Å². The van der Waals surface area contributed by atoms with Gasteiger partial charge in [0.15, 0.2) is 6.10 Å². The molecule has 2 N–H and O–H groups in total. The van der Waals surface area contributed by atoms with Gasteiger partial charge in [0.2, 0.25) is 10.0 Å². The van der Waals surface area contributed by atoms with Crippen LogP contribution in [0.4, 0.5) is 4.79 Å². The monoisotopic (exact) mass is 439 g/mol. The highest BCUT2D eigenvalue weighted by molar-refractivity contribution is 7.89. The van der Waals surface area contributed by atoms with Crippen LogP contribution in [0.5, 0.6) is 0 Å². The van der Waals surface area contributed by atoms with Crippen LogP contribution >= 0.6 is 0 Å². The van der Waals surface area contributed by atoms with E-state index in [4.69, 9.17) is 4.74 Å². The summed E-state index contributed by atoms with van der Waals surface area (Å²) >= 11 is 0. The zero-order valence-corrected chi connectivity index (χ0v) is 18.5. The van der Waals surface area contributed by atoms with Crippen LogP contribution in [-0.2, 0) is 19.6 Å². The maximum absolute atomic E-state index is 13.0. The Hall–Kier alpha value is -2.46. The van der Waals surface area contributed by atoms with Crippen LogP contribution in [0.1, 0.15) is 56.0 Å². The van der Waals surface area contributed by atoms with Crippen LogP contribution in [0.2, 0.25) is 0 Å². The first-order valence-electron chi connectivity index (χ1n) is 9.95. The number of urea groups is 1. The molecule has 166 valence electrons. The third kappa shape index (κ3) is 6.02. The zero-order chi connectivity index (χ0) is 22.5. The molecule has 3 amide bonds. The molecule has 30 heavy (non-hydrogen) atoms. The molecule has 0 spiro atoms. The molecule has 0 bridgehead atoms. The molecule has 1 fully saturated rings. The summed E-state index contributed by atoms with van der Waals surface area (Å²) in [6.07, 6.45) is 1.36. The summed E-state index contributed by atoms with van der Waals surface area (Å²) in [5.41, 5.74) is 0.538. The third-order valence-corrected chi connectivity index (χ3v) is 6.71. The number of imide groups is 1. The fourth-order valence-corrected chi connectivity index (χ4v) is 4.81. The van der Waals surface area contributed by atoms with Crippen molar-refractivity contribution in [2.24, 2.45) is 0 Å². The number of carbonyl (C=O) groups is 3. The number of nitrogens with zero attached hydrogens (tertiary/aromatic N) is 1. The summed E-state index contributed by atoms with van der Waals surface area (Å²) in [5.74, 6) is -1.63. The Balaban J connectivity index is 2.12. The number of hydrogen-bond acceptors (Lipinski definition) is 6. The fraction of sp³-hybridized carbons (Fsp3) is 0.550. The summed E-state index contributed by atoms with van der Waals surface area (Å²) in [6, 6.07) is 3.40. The molecule has 1 aromatic rings. The number of piperidine rings is 1. The average molecular weight is 440 g/mol. The number of aryl methyl sites for hydroxylation is 1. The second kappa shape index (κ2) is 10.0. The van der Waals surface area contributed by atoms with Crippen molar-refractivity contribution < 1.29 is 27.5 Å². The molecule has 1 atom stereocenters. The summed E-state index contributed by atoms with van der Waals surface area (Å²) in [7, 11) is -3.73. The van der Waals surface area contributed by atoms with Crippen molar-refractivity contribution >= 4 is 27.9 Å². The lowest BCUT2D eigenvalue weighted by Gasteiger charge is -2.26. The largest absolute Gasteiger partial charge is 0.449 e. The summed E-state index contributed by atoms with van der Waals surface area (Å²) < 4.78 is 32.5. The van der Waals surface area contributed by atoms with Crippen LogP contribution in [0.25, 0.3) is 0 Å². The minimum absolute atomic E-state index is 0.0162. The second-order valence-electron chi connectivity index (χ2n) is 7.61. The third-order valence-electron chi connectivity index (χ3n) is 4.67. The van der Waals surface area contributed by atoms with E-state index >= 15 is 0 Å². The molecule has 0 aliphatic carbocycles. The number of sulfonamides is 1. The van der Waals surface area contributed by atoms with Gasteiger partial charge in [0, 0.05) is 19.1 Å². The summed E-state index contributed by atoms with van der Waals surface area (Å²) in [4.78, 5) is 36.2. The quantitative estimate of drug-likeness (QED) is 0.654. The normalized spacial score (nSPS) is 16.0. The molecule has 1 aliphatic heterocycles. The number of rotatable bonds is 6. The lowest BCUT2D eigenvalue weighted by Crippen LogP contribution is -2.46. The molecule has 0 saturated carbocycles. The van der Waals surface area contributed by atoms with E-state index < -0.39 is 34.0 Å². The molecule has 0 radical (unpaired) electrons. The molecule has 1 aliphatic rings. The highest BCUT2D eigenvalue weighted by atomic mass is 32.2. The fourth-order valence-electron chi connectivity index (χ4n) is 3.04. The van der Waals surface area contributed by atoms with Gasteiger partial charge in [-0.3, -0.25) is 10.1 Å². The van der Waals surface area contributed by atoms with Crippen molar-refractivity contribution in [2.45, 2.75) is 64.0 Å². The van der Waals surface area contributed by atoms with Crippen LogP contribution in [0, 0.1) is 6.92 Å². The molecule has 2 rings (SSSR count). The lowest BCUT2D eigenvalue weighted by molar-refractivity contribution is -0.127. The highest BCUT2D eigenvalue weighted by Crippen LogP contribution is 2.24. The van der Waals surface area contributed by atoms with Crippen LogP contribution in [-0.4, -0.2) is 55.9 Å². The molecular formula is C20H29N3O6S. The maximum atomic E-state index is 13.0. The number of hydrogen-bond donors (Lipinski definition) is 2. The topological polar surface area (TPSA) is 122 Å². The van der Waals surface area contributed by atoms with Crippen molar-refractivity contribution in [3.63, 3.8) is 0 Å². The first-order valence-corrected chi connectivity index (χ1v) is 11.4. The van der Waals surface area contributed by atoms with Gasteiger partial charge < -0.3 is 10.1 Å². The number of amides is 3. The number of nitrogens with one attached hydrogen (secondary N) is 2. The van der Waals surface area contributed by atoms with E-state index in [0.29, 0.717) is 18.7 Å². The molecule has 0 aromatic heterocycles. The highest BCUT2D eigenvalue weighted by Gasteiger charge is 2.29. The number of benzene rings is 1. The first-order chi connectivity index (χ1) is 14.0. The number of carbonyl (C=O) groups excluding carboxylic acids is 3. The van der Waals surface area contributed by atoms with E-state index in [1.165, 1.54) is 29.4 Å². The van der Waals surface area contributed by atoms with Gasteiger partial charge in [0.1, 0.15) is 0 Å². The predicted molar refractivity (Wildman–Crippen MR) is 110 cm³/mol. The SMILES string of the molecule is Cc1ccc(C(=O)OC(C)C(=O)NC(=O)NC(C)C)cc1S(=O)(=O)N1CCCCC1. The van der Waals surface area contributed by atoms with Gasteiger partial charge in [-0.05, 0) is 58.2 Å². The van der Waals surface area contributed by atoms with E-state index in [1.807, 2.05) is 0 Å². The molecule has 1 unspecified atom stereocenters. The molecule has 1 aromatic carbocycles. The van der Waals surface area contributed by atoms with Gasteiger partial charge in [0.05, 0.1) is 10.5 Å². The minimum atomic E-state index is -3.73. The smallest absolute Gasteiger partial charge is 0.338 e. The van der Waals surface area contributed by atoms with Crippen molar-refractivity contribution in [1.29, 1.82) is 0 Å². The van der Waals surface area contributed by atoms with Gasteiger partial charge in [-0.15, -0.1) is 0 Å². The second-order valence-corrected chi connectivity index (χ2v) is 9.52. The van der Waals surface area contributed by atoms with E-state index in [9.17, 15) is 22.8 Å². The van der Waals surface area contributed by atoms with Crippen LogP contribution in [0.15, 0.2) is 23.1 Å². The van der Waals surface area contributed by atoms with E-state index in [0.717, 1.165) is 19.3 Å². The Morgan fingerprint density at radius 1 is 1.07 bits per heavy atom. The van der Waals surface area contributed by atoms with Crippen molar-refractivity contribution in [1.82, 2.24) is 14.9 Å². The first kappa shape index (κ1) is 23.8. The maximum Gasteiger partial charge on any atom is 0.338 e. The van der Waals surface area contributed by atoms with Crippen LogP contribution in [0.3, 0.4) is 0 Å². The van der Waals surface area contributed by atoms with Gasteiger partial charge in [-0.1, -0.05) is 12.5 Å². The Labute approximate surface area is 177 Å². The Morgan fingerprint density at radius 3 is 2.30 bits per heavy atom. The Morgan fingerprint density at radius 2 is 1.70 bits per heavy atom. The van der Waals surface area contributed by atoms with E-state index in [-0.39, 0.29) is 16.5 Å². The molecule has 1 saturated heterocycles. The van der Waals surface area contributed by atoms with E-state index in [2.05, 4.69) is 10.6 Å². The molecular weight excluding hydrogens is 410 g/mol. The number of esters is 1. The summed E-state index contributed by atoms with van der Waals surface area (Å²) in [5, 5.41) is 4.58. The average Bonchev–Trinajstić information content (AvgIpc) is 2.67. The van der Waals surface area contributed by atoms with Gasteiger partial charge >= 0.3 is 12.0 Å². The standard InChI is InChI=1S/C20H29N3O6S/c1-13(2)21-20(26)22-18(24)15(4)29-19(25)16-9-8-14(3)17(12-16)30(27,28)23-10-6-5-7-11-23/h8-9,12-13,15H,5-7,10-11H2,1-4H3,(H2,21,22,24,26).